The topological polar surface area (TPSA) is 76.0 Å². The summed E-state index contributed by atoms with van der Waals surface area (Å²) in [6, 6.07) is 12.8. The maximum Gasteiger partial charge on any atom is 0.405 e. The molecule has 0 spiro atoms. The predicted molar refractivity (Wildman–Crippen MR) is 95.6 cm³/mol. The van der Waals surface area contributed by atoms with Gasteiger partial charge in [0.15, 0.2) is 0 Å². The Morgan fingerprint density at radius 2 is 1.70 bits per heavy atom. The Morgan fingerprint density at radius 1 is 1.04 bits per heavy atom. The fourth-order valence-electron chi connectivity index (χ4n) is 2.51. The number of carbonyl (C=O) groups is 1. The zero-order valence-corrected chi connectivity index (χ0v) is 14.0. The molecule has 0 atom stereocenters. The fourth-order valence-corrected chi connectivity index (χ4v) is 2.51. The Morgan fingerprint density at radius 3 is 2.44 bits per heavy atom. The summed E-state index contributed by atoms with van der Waals surface area (Å²) in [6.45, 7) is -1.59. The molecule has 0 aliphatic carbocycles. The number of alkyl halides is 3. The molecule has 0 saturated heterocycles. The van der Waals surface area contributed by atoms with Crippen LogP contribution in [0.2, 0.25) is 0 Å². The van der Waals surface area contributed by atoms with Gasteiger partial charge in [0, 0.05) is 5.39 Å². The summed E-state index contributed by atoms with van der Waals surface area (Å²) in [4.78, 5) is 24.6. The summed E-state index contributed by atoms with van der Waals surface area (Å²) in [6.07, 6.45) is -2.91. The number of hydrogen-bond acceptors (Lipinski definition) is 4. The molecule has 2 aromatic carbocycles. The molecular formula is C18H15F3N4O2. The van der Waals surface area contributed by atoms with Gasteiger partial charge in [-0.1, -0.05) is 30.3 Å². The number of rotatable bonds is 5. The van der Waals surface area contributed by atoms with Crippen LogP contribution in [0.1, 0.15) is 0 Å². The van der Waals surface area contributed by atoms with E-state index in [4.69, 9.17) is 0 Å². The van der Waals surface area contributed by atoms with Crippen molar-refractivity contribution in [3.05, 3.63) is 65.1 Å². The van der Waals surface area contributed by atoms with Crippen LogP contribution >= 0.6 is 0 Å². The maximum absolute atomic E-state index is 12.4. The van der Waals surface area contributed by atoms with Crippen LogP contribution in [0.5, 0.6) is 0 Å². The number of benzene rings is 2. The molecule has 0 saturated carbocycles. The van der Waals surface area contributed by atoms with Crippen molar-refractivity contribution >= 4 is 28.1 Å². The monoisotopic (exact) mass is 376 g/mol. The van der Waals surface area contributed by atoms with Crippen molar-refractivity contribution in [2.24, 2.45) is 0 Å². The van der Waals surface area contributed by atoms with Crippen LogP contribution in [-0.2, 0) is 11.3 Å². The lowest BCUT2D eigenvalue weighted by Gasteiger charge is -2.14. The van der Waals surface area contributed by atoms with E-state index in [0.29, 0.717) is 10.8 Å². The van der Waals surface area contributed by atoms with Crippen LogP contribution < -0.4 is 16.2 Å². The highest BCUT2D eigenvalue weighted by molar-refractivity contribution is 5.94. The highest BCUT2D eigenvalue weighted by atomic mass is 19.4. The molecule has 0 unspecified atom stereocenters. The van der Waals surface area contributed by atoms with E-state index >= 15 is 0 Å². The Labute approximate surface area is 151 Å². The molecule has 0 bridgehead atoms. The van der Waals surface area contributed by atoms with Gasteiger partial charge in [0.2, 0.25) is 5.91 Å². The molecule has 0 fully saturated rings. The number of hydrogen-bond donors (Lipinski definition) is 2. The van der Waals surface area contributed by atoms with Gasteiger partial charge in [-0.05, 0) is 18.2 Å². The van der Waals surface area contributed by atoms with Crippen molar-refractivity contribution in [1.82, 2.24) is 9.78 Å². The third-order valence-electron chi connectivity index (χ3n) is 3.74. The lowest BCUT2D eigenvalue weighted by Crippen LogP contribution is -2.30. The van der Waals surface area contributed by atoms with Gasteiger partial charge in [-0.3, -0.25) is 9.59 Å². The van der Waals surface area contributed by atoms with Gasteiger partial charge in [0.25, 0.3) is 5.56 Å². The largest absolute Gasteiger partial charge is 0.405 e. The van der Waals surface area contributed by atoms with Gasteiger partial charge in [0.05, 0.1) is 23.0 Å². The number of aromatic nitrogens is 2. The van der Waals surface area contributed by atoms with E-state index in [1.165, 1.54) is 18.3 Å². The maximum atomic E-state index is 12.4. The Bertz CT molecular complexity index is 1030. The average Bonchev–Trinajstić information content (AvgIpc) is 2.63. The molecule has 140 valence electrons. The van der Waals surface area contributed by atoms with Gasteiger partial charge in [-0.2, -0.15) is 18.3 Å². The van der Waals surface area contributed by atoms with E-state index in [0.717, 1.165) is 4.68 Å². The first-order valence-corrected chi connectivity index (χ1v) is 7.98. The highest BCUT2D eigenvalue weighted by Gasteiger charge is 2.27. The smallest absolute Gasteiger partial charge is 0.375 e. The van der Waals surface area contributed by atoms with Crippen molar-refractivity contribution in [3.63, 3.8) is 0 Å². The third-order valence-corrected chi connectivity index (χ3v) is 3.74. The number of carbonyl (C=O) groups excluding carboxylic acids is 1. The summed E-state index contributed by atoms with van der Waals surface area (Å²) in [5.41, 5.74) is -0.116. The lowest BCUT2D eigenvalue weighted by molar-refractivity contribution is -0.117. The van der Waals surface area contributed by atoms with Crippen LogP contribution in [0, 0.1) is 0 Å². The van der Waals surface area contributed by atoms with E-state index in [2.05, 4.69) is 15.7 Å². The van der Waals surface area contributed by atoms with Crippen molar-refractivity contribution in [3.8, 4) is 0 Å². The molecule has 0 radical (unpaired) electrons. The van der Waals surface area contributed by atoms with Crippen LogP contribution in [-0.4, -0.2) is 28.4 Å². The first-order valence-electron chi connectivity index (χ1n) is 7.98. The van der Waals surface area contributed by atoms with E-state index in [9.17, 15) is 22.8 Å². The summed E-state index contributed by atoms with van der Waals surface area (Å²) in [5.74, 6) is -0.582. The summed E-state index contributed by atoms with van der Waals surface area (Å²) in [5, 5.41) is 9.77. The Kier molecular flexibility index (Phi) is 5.11. The van der Waals surface area contributed by atoms with E-state index in [-0.39, 0.29) is 17.9 Å². The second-order valence-corrected chi connectivity index (χ2v) is 5.76. The number of nitrogens with one attached hydrogen (secondary N) is 2. The van der Waals surface area contributed by atoms with Gasteiger partial charge >= 0.3 is 6.18 Å². The number of nitrogens with zero attached hydrogens (tertiary/aromatic N) is 2. The number of fused-ring (bicyclic) bond motifs is 1. The normalized spacial score (nSPS) is 11.4. The van der Waals surface area contributed by atoms with Crippen LogP contribution in [0.3, 0.4) is 0 Å². The Hall–Kier alpha value is -3.36. The molecule has 3 aromatic rings. The molecule has 1 aromatic heterocycles. The van der Waals surface area contributed by atoms with E-state index in [1.54, 1.807) is 36.4 Å². The van der Waals surface area contributed by atoms with Gasteiger partial charge in [-0.15, -0.1) is 0 Å². The summed E-state index contributed by atoms with van der Waals surface area (Å²) in [7, 11) is 0. The zero-order valence-electron chi connectivity index (χ0n) is 14.0. The van der Waals surface area contributed by atoms with Gasteiger partial charge in [-0.25, -0.2) is 4.68 Å². The first-order chi connectivity index (χ1) is 12.8. The predicted octanol–water partition coefficient (Wildman–Crippen LogP) is 3.01. The first kappa shape index (κ1) is 18.4. The molecule has 1 heterocycles. The van der Waals surface area contributed by atoms with Crippen molar-refractivity contribution in [2.45, 2.75) is 12.7 Å². The third kappa shape index (κ3) is 4.63. The summed E-state index contributed by atoms with van der Waals surface area (Å²) < 4.78 is 38.2. The van der Waals surface area contributed by atoms with Gasteiger partial charge in [0.1, 0.15) is 13.1 Å². The SMILES string of the molecule is O=C(Cn1ncc2ccccc2c1=O)Nc1ccccc1NCC(F)(F)F. The van der Waals surface area contributed by atoms with Crippen LogP contribution in [0.25, 0.3) is 10.8 Å². The Balaban J connectivity index is 1.75. The number of anilines is 2. The van der Waals surface area contributed by atoms with Crippen LogP contribution in [0.4, 0.5) is 24.5 Å². The van der Waals surface area contributed by atoms with Crippen molar-refractivity contribution in [2.75, 3.05) is 17.2 Å². The second kappa shape index (κ2) is 7.48. The number of amides is 1. The van der Waals surface area contributed by atoms with Crippen LogP contribution in [0.15, 0.2) is 59.5 Å². The van der Waals surface area contributed by atoms with E-state index in [1.807, 2.05) is 0 Å². The standard InChI is InChI=1S/C18H15F3N4O2/c19-18(20,21)11-22-14-7-3-4-8-15(14)24-16(26)10-25-17(27)13-6-2-1-5-12(13)9-23-25/h1-9,22H,10-11H2,(H,24,26). The van der Waals surface area contributed by atoms with E-state index < -0.39 is 24.2 Å². The minimum absolute atomic E-state index is 0.127. The van der Waals surface area contributed by atoms with Gasteiger partial charge < -0.3 is 10.6 Å². The molecular weight excluding hydrogens is 361 g/mol. The minimum atomic E-state index is -4.39. The zero-order chi connectivity index (χ0) is 19.4. The summed E-state index contributed by atoms with van der Waals surface area (Å²) >= 11 is 0. The molecule has 27 heavy (non-hydrogen) atoms. The molecule has 0 aliphatic rings. The molecule has 3 rings (SSSR count). The fraction of sp³-hybridized carbons (Fsp3) is 0.167. The number of halogens is 3. The highest BCUT2D eigenvalue weighted by Crippen LogP contribution is 2.23. The number of para-hydroxylation sites is 2. The molecule has 6 nitrogen and oxygen atoms in total. The second-order valence-electron chi connectivity index (χ2n) is 5.76. The molecule has 2 N–H and O–H groups in total. The lowest BCUT2D eigenvalue weighted by atomic mass is 10.2. The molecule has 1 amide bonds. The molecule has 0 aliphatic heterocycles. The quantitative estimate of drug-likeness (QED) is 0.718. The van der Waals surface area contributed by atoms with Crippen molar-refractivity contribution in [1.29, 1.82) is 0 Å². The van der Waals surface area contributed by atoms with Crippen molar-refractivity contribution < 1.29 is 18.0 Å². The minimum Gasteiger partial charge on any atom is -0.375 e. The average molecular weight is 376 g/mol. The molecule has 9 heteroatoms.